The number of hydrogen-bond donors (Lipinski definition) is 2. The van der Waals surface area contributed by atoms with Gasteiger partial charge in [0, 0.05) is 10.7 Å². The fourth-order valence-corrected chi connectivity index (χ4v) is 2.99. The maximum Gasteiger partial charge on any atom is 0.241 e. The van der Waals surface area contributed by atoms with Crippen LogP contribution in [0.1, 0.15) is 5.56 Å². The minimum Gasteiger partial charge on any atom is -0.325 e. The molecule has 0 aliphatic carbocycles. The highest BCUT2D eigenvalue weighted by atomic mass is 35.5. The first-order valence-electron chi connectivity index (χ1n) is 6.46. The van der Waals surface area contributed by atoms with Gasteiger partial charge in [-0.1, -0.05) is 17.7 Å². The van der Waals surface area contributed by atoms with Crippen molar-refractivity contribution in [2.75, 3.05) is 11.9 Å². The van der Waals surface area contributed by atoms with E-state index in [-0.39, 0.29) is 9.92 Å². The van der Waals surface area contributed by atoms with Crippen molar-refractivity contribution in [2.24, 2.45) is 0 Å². The minimum absolute atomic E-state index is 0.0174. The molecule has 0 bridgehead atoms. The number of rotatable bonds is 5. The molecular weight excluding hydrogens is 338 g/mol. The lowest BCUT2D eigenvalue weighted by atomic mass is 10.2. The monoisotopic (exact) mass is 349 g/mol. The quantitative estimate of drug-likeness (QED) is 0.863. The molecule has 2 aromatic rings. The fraction of sp³-hybridized carbons (Fsp3) is 0.0667. The second kappa shape index (κ2) is 7.24. The van der Waals surface area contributed by atoms with Gasteiger partial charge in [-0.15, -0.1) is 0 Å². The molecule has 0 saturated heterocycles. The molecule has 6 nitrogen and oxygen atoms in total. The summed E-state index contributed by atoms with van der Waals surface area (Å²) in [5, 5.41) is 11.5. The molecule has 0 unspecified atom stereocenters. The van der Waals surface area contributed by atoms with Gasteiger partial charge in [-0.05, 0) is 42.5 Å². The summed E-state index contributed by atoms with van der Waals surface area (Å²) in [6.07, 6.45) is 0. The Balaban J connectivity index is 1.97. The third-order valence-corrected chi connectivity index (χ3v) is 4.46. The van der Waals surface area contributed by atoms with Gasteiger partial charge in [0.15, 0.2) is 0 Å². The molecule has 0 saturated carbocycles. The zero-order valence-electron chi connectivity index (χ0n) is 11.8. The predicted molar refractivity (Wildman–Crippen MR) is 86.4 cm³/mol. The van der Waals surface area contributed by atoms with Gasteiger partial charge < -0.3 is 5.32 Å². The van der Waals surface area contributed by atoms with Gasteiger partial charge in [-0.25, -0.2) is 13.1 Å². The first kappa shape index (κ1) is 17.0. The van der Waals surface area contributed by atoms with Crippen LogP contribution >= 0.6 is 11.6 Å². The number of carbonyl (C=O) groups is 1. The fourth-order valence-electron chi connectivity index (χ4n) is 1.71. The highest BCUT2D eigenvalue weighted by Crippen LogP contribution is 2.15. The first-order chi connectivity index (χ1) is 10.9. The summed E-state index contributed by atoms with van der Waals surface area (Å²) in [5.41, 5.74) is 0.931. The third-order valence-electron chi connectivity index (χ3n) is 2.83. The number of carbonyl (C=O) groups excluding carboxylic acids is 1. The van der Waals surface area contributed by atoms with Crippen molar-refractivity contribution in [2.45, 2.75) is 4.90 Å². The van der Waals surface area contributed by atoms with Crippen molar-refractivity contribution in [3.8, 4) is 6.07 Å². The average Bonchev–Trinajstić information content (AvgIpc) is 2.54. The lowest BCUT2D eigenvalue weighted by Crippen LogP contribution is -2.32. The number of halogens is 1. The SMILES string of the molecule is N#Cc1ccc(NC(=O)CNS(=O)(=O)c2cccc(Cl)c2)cc1. The molecule has 0 atom stereocenters. The van der Waals surface area contributed by atoms with Crippen LogP contribution in [0, 0.1) is 11.3 Å². The van der Waals surface area contributed by atoms with Gasteiger partial charge in [0.25, 0.3) is 0 Å². The van der Waals surface area contributed by atoms with Crippen molar-refractivity contribution >= 4 is 33.2 Å². The van der Waals surface area contributed by atoms with E-state index in [2.05, 4.69) is 10.0 Å². The Morgan fingerprint density at radius 1 is 1.17 bits per heavy atom. The lowest BCUT2D eigenvalue weighted by Gasteiger charge is -2.08. The van der Waals surface area contributed by atoms with Crippen molar-refractivity contribution in [1.82, 2.24) is 4.72 Å². The van der Waals surface area contributed by atoms with E-state index in [0.717, 1.165) is 0 Å². The average molecular weight is 350 g/mol. The van der Waals surface area contributed by atoms with Crippen LogP contribution in [0.15, 0.2) is 53.4 Å². The Labute approximate surface area is 138 Å². The lowest BCUT2D eigenvalue weighted by molar-refractivity contribution is -0.115. The summed E-state index contributed by atoms with van der Waals surface area (Å²) in [6.45, 7) is -0.422. The molecule has 2 rings (SSSR count). The largest absolute Gasteiger partial charge is 0.325 e. The van der Waals surface area contributed by atoms with E-state index in [0.29, 0.717) is 11.3 Å². The van der Waals surface area contributed by atoms with Gasteiger partial charge in [0.2, 0.25) is 15.9 Å². The number of nitriles is 1. The predicted octanol–water partition coefficient (Wildman–Crippen LogP) is 2.13. The highest BCUT2D eigenvalue weighted by molar-refractivity contribution is 7.89. The van der Waals surface area contributed by atoms with Crippen LogP contribution in [0.5, 0.6) is 0 Å². The number of anilines is 1. The molecule has 0 spiro atoms. The van der Waals surface area contributed by atoms with Gasteiger partial charge in [-0.3, -0.25) is 4.79 Å². The van der Waals surface area contributed by atoms with E-state index < -0.39 is 22.5 Å². The summed E-state index contributed by atoms with van der Waals surface area (Å²) in [6, 6.07) is 13.9. The molecule has 0 aliphatic rings. The molecule has 8 heteroatoms. The van der Waals surface area contributed by atoms with E-state index in [4.69, 9.17) is 16.9 Å². The van der Waals surface area contributed by atoms with Crippen molar-refractivity contribution in [1.29, 1.82) is 5.26 Å². The number of nitrogens with zero attached hydrogens (tertiary/aromatic N) is 1. The summed E-state index contributed by atoms with van der Waals surface area (Å²) < 4.78 is 26.3. The molecule has 0 aromatic heterocycles. The van der Waals surface area contributed by atoms with Crippen LogP contribution in [0.2, 0.25) is 5.02 Å². The Kier molecular flexibility index (Phi) is 5.34. The van der Waals surface area contributed by atoms with Gasteiger partial charge >= 0.3 is 0 Å². The molecule has 23 heavy (non-hydrogen) atoms. The van der Waals surface area contributed by atoms with Crippen molar-refractivity contribution < 1.29 is 13.2 Å². The molecule has 0 fully saturated rings. The first-order valence-corrected chi connectivity index (χ1v) is 8.32. The Bertz CT molecular complexity index is 858. The molecule has 118 valence electrons. The van der Waals surface area contributed by atoms with Gasteiger partial charge in [0.1, 0.15) is 0 Å². The van der Waals surface area contributed by atoms with Gasteiger partial charge in [0.05, 0.1) is 23.1 Å². The standard InChI is InChI=1S/C15H12ClN3O3S/c16-12-2-1-3-14(8-12)23(21,22)18-10-15(20)19-13-6-4-11(9-17)5-7-13/h1-8,18H,10H2,(H,19,20). The van der Waals surface area contributed by atoms with E-state index in [9.17, 15) is 13.2 Å². The van der Waals surface area contributed by atoms with Crippen molar-refractivity contribution in [3.63, 3.8) is 0 Å². The summed E-state index contributed by atoms with van der Waals surface area (Å²) in [4.78, 5) is 11.8. The number of nitrogens with one attached hydrogen (secondary N) is 2. The topological polar surface area (TPSA) is 99.1 Å². The summed E-state index contributed by atoms with van der Waals surface area (Å²) >= 11 is 5.75. The number of hydrogen-bond acceptors (Lipinski definition) is 4. The summed E-state index contributed by atoms with van der Waals surface area (Å²) in [5.74, 6) is -0.527. The highest BCUT2D eigenvalue weighted by Gasteiger charge is 2.15. The van der Waals surface area contributed by atoms with E-state index in [1.54, 1.807) is 30.3 Å². The van der Waals surface area contributed by atoms with E-state index >= 15 is 0 Å². The molecule has 0 radical (unpaired) electrons. The molecule has 0 heterocycles. The maximum absolute atomic E-state index is 12.0. The van der Waals surface area contributed by atoms with Crippen LogP contribution in [-0.4, -0.2) is 20.9 Å². The third kappa shape index (κ3) is 4.79. The van der Waals surface area contributed by atoms with Gasteiger partial charge in [-0.2, -0.15) is 5.26 Å². The number of benzene rings is 2. The van der Waals surface area contributed by atoms with E-state index in [1.807, 2.05) is 6.07 Å². The Morgan fingerprint density at radius 3 is 2.48 bits per heavy atom. The zero-order chi connectivity index (χ0) is 16.9. The second-order valence-corrected chi connectivity index (χ2v) is 6.72. The summed E-state index contributed by atoms with van der Waals surface area (Å²) in [7, 11) is -3.82. The molecule has 2 aromatic carbocycles. The van der Waals surface area contributed by atoms with Crippen LogP contribution in [-0.2, 0) is 14.8 Å². The van der Waals surface area contributed by atoms with Crippen LogP contribution in [0.4, 0.5) is 5.69 Å². The van der Waals surface area contributed by atoms with Crippen LogP contribution < -0.4 is 10.0 Å². The molecule has 1 amide bonds. The molecule has 2 N–H and O–H groups in total. The number of amides is 1. The minimum atomic E-state index is -3.82. The Hall–Kier alpha value is -2.40. The maximum atomic E-state index is 12.0. The van der Waals surface area contributed by atoms with Crippen LogP contribution in [0.3, 0.4) is 0 Å². The molecule has 0 aliphatic heterocycles. The van der Waals surface area contributed by atoms with E-state index in [1.165, 1.54) is 18.2 Å². The molecular formula is C15H12ClN3O3S. The van der Waals surface area contributed by atoms with Crippen LogP contribution in [0.25, 0.3) is 0 Å². The zero-order valence-corrected chi connectivity index (χ0v) is 13.4. The normalized spacial score (nSPS) is 10.8. The Morgan fingerprint density at radius 2 is 1.87 bits per heavy atom. The smallest absolute Gasteiger partial charge is 0.241 e. The second-order valence-electron chi connectivity index (χ2n) is 4.52. The number of sulfonamides is 1. The van der Waals surface area contributed by atoms with Crippen molar-refractivity contribution in [3.05, 3.63) is 59.1 Å².